The number of ether oxygens (including phenoxy) is 2. The monoisotopic (exact) mass is 515 g/mol. The minimum atomic E-state index is -0.839. The molecule has 2 aromatic rings. The van der Waals surface area contributed by atoms with Crippen molar-refractivity contribution < 1.29 is 23.9 Å². The molecular weight excluding hydrogens is 474 g/mol. The highest BCUT2D eigenvalue weighted by molar-refractivity contribution is 5.92. The Morgan fingerprint density at radius 2 is 1.78 bits per heavy atom. The van der Waals surface area contributed by atoms with Gasteiger partial charge in [-0.15, -0.1) is 5.10 Å². The molecular formula is C27H41N5O5. The van der Waals surface area contributed by atoms with Crippen LogP contribution in [0.2, 0.25) is 0 Å². The van der Waals surface area contributed by atoms with Crippen molar-refractivity contribution in [1.82, 2.24) is 25.3 Å². The van der Waals surface area contributed by atoms with Crippen LogP contribution in [-0.4, -0.2) is 63.9 Å². The second-order valence-electron chi connectivity index (χ2n) is 11.8. The van der Waals surface area contributed by atoms with Gasteiger partial charge in [-0.1, -0.05) is 26.8 Å². The lowest BCUT2D eigenvalue weighted by Gasteiger charge is -2.36. The number of hydrogen-bond acceptors (Lipinski definition) is 6. The summed E-state index contributed by atoms with van der Waals surface area (Å²) in [6.45, 7) is 13.3. The summed E-state index contributed by atoms with van der Waals surface area (Å²) in [7, 11) is 3.43. The maximum absolute atomic E-state index is 13.6. The third-order valence-electron chi connectivity index (χ3n) is 6.51. The molecule has 1 saturated heterocycles. The van der Waals surface area contributed by atoms with Gasteiger partial charge >= 0.3 is 6.09 Å². The standard InChI is InChI=1S/C27H41N5O5/c1-16(17-12-13-19-18(15-17)23(36-9)30-31(19)8)28-22(33)20-11-10-14-32(20)24(34)21(26(2,3)4)29-25(35)37-27(5,6)7/h12-13,15-16,20-21H,10-11,14H2,1-9H3,(H,28,33)(H,29,35). The molecule has 10 nitrogen and oxygen atoms in total. The van der Waals surface area contributed by atoms with Gasteiger partial charge < -0.3 is 25.0 Å². The van der Waals surface area contributed by atoms with Crippen LogP contribution in [0, 0.1) is 5.41 Å². The average Bonchev–Trinajstić information content (AvgIpc) is 3.39. The Labute approximate surface area is 219 Å². The average molecular weight is 516 g/mol. The van der Waals surface area contributed by atoms with E-state index < -0.39 is 29.2 Å². The molecule has 3 atom stereocenters. The lowest BCUT2D eigenvalue weighted by molar-refractivity contribution is -0.142. The minimum absolute atomic E-state index is 0.221. The summed E-state index contributed by atoms with van der Waals surface area (Å²) >= 11 is 0. The van der Waals surface area contributed by atoms with Crippen LogP contribution in [-0.2, 0) is 21.4 Å². The normalized spacial score (nSPS) is 17.9. The molecule has 3 amide bonds. The predicted octanol–water partition coefficient (Wildman–Crippen LogP) is 3.69. The van der Waals surface area contributed by atoms with Crippen molar-refractivity contribution in [3.05, 3.63) is 23.8 Å². The first-order valence-corrected chi connectivity index (χ1v) is 12.7. The number of aromatic nitrogens is 2. The number of aryl methyl sites for hydroxylation is 1. The van der Waals surface area contributed by atoms with Crippen molar-refractivity contribution in [2.24, 2.45) is 12.5 Å². The fourth-order valence-electron chi connectivity index (χ4n) is 4.61. The lowest BCUT2D eigenvalue weighted by Crippen LogP contribution is -2.58. The number of nitrogens with one attached hydrogen (secondary N) is 2. The van der Waals surface area contributed by atoms with Gasteiger partial charge in [0.05, 0.1) is 24.1 Å². The number of carbonyl (C=O) groups is 3. The Hall–Kier alpha value is -3.30. The third-order valence-corrected chi connectivity index (χ3v) is 6.51. The summed E-state index contributed by atoms with van der Waals surface area (Å²) < 4.78 is 12.5. The van der Waals surface area contributed by atoms with Crippen molar-refractivity contribution in [1.29, 1.82) is 0 Å². The second kappa shape index (κ2) is 10.6. The summed E-state index contributed by atoms with van der Waals surface area (Å²) in [6.07, 6.45) is 0.611. The fourth-order valence-corrected chi connectivity index (χ4v) is 4.61. The highest BCUT2D eigenvalue weighted by Gasteiger charge is 2.42. The largest absolute Gasteiger partial charge is 0.479 e. The van der Waals surface area contributed by atoms with E-state index in [1.807, 2.05) is 52.9 Å². The van der Waals surface area contributed by atoms with E-state index in [1.165, 1.54) is 0 Å². The van der Waals surface area contributed by atoms with Crippen molar-refractivity contribution in [3.63, 3.8) is 0 Å². The van der Waals surface area contributed by atoms with Gasteiger partial charge in [-0.2, -0.15) is 0 Å². The van der Waals surface area contributed by atoms with Crippen LogP contribution in [0.25, 0.3) is 10.9 Å². The number of likely N-dealkylation sites (tertiary alicyclic amines) is 1. The number of rotatable bonds is 6. The molecule has 0 aliphatic carbocycles. The number of benzene rings is 1. The summed E-state index contributed by atoms with van der Waals surface area (Å²) in [6, 6.07) is 4.11. The lowest BCUT2D eigenvalue weighted by atomic mass is 9.85. The van der Waals surface area contributed by atoms with E-state index in [2.05, 4.69) is 15.7 Å². The number of alkyl carbamates (subject to hydrolysis) is 1. The number of hydrogen-bond donors (Lipinski definition) is 2. The molecule has 2 heterocycles. The summed E-state index contributed by atoms with van der Waals surface area (Å²) in [4.78, 5) is 41.1. The number of carbonyl (C=O) groups excluding carboxylic acids is 3. The first-order chi connectivity index (χ1) is 17.1. The van der Waals surface area contributed by atoms with Crippen molar-refractivity contribution in [2.75, 3.05) is 13.7 Å². The molecule has 10 heteroatoms. The molecule has 1 aliphatic heterocycles. The van der Waals surface area contributed by atoms with Crippen LogP contribution in [0.1, 0.15) is 72.9 Å². The van der Waals surface area contributed by atoms with E-state index >= 15 is 0 Å². The molecule has 3 rings (SSSR count). The number of amides is 3. The molecule has 1 aliphatic rings. The van der Waals surface area contributed by atoms with Crippen molar-refractivity contribution >= 4 is 28.8 Å². The molecule has 1 aromatic carbocycles. The van der Waals surface area contributed by atoms with Gasteiger partial charge in [0.15, 0.2) is 0 Å². The SMILES string of the molecule is COc1nn(C)c2ccc(C(C)NC(=O)C3CCCN3C(=O)C(NC(=O)OC(C)(C)C)C(C)(C)C)cc12. The molecule has 37 heavy (non-hydrogen) atoms. The smallest absolute Gasteiger partial charge is 0.408 e. The van der Waals surface area contributed by atoms with E-state index in [0.29, 0.717) is 25.3 Å². The fraction of sp³-hybridized carbons (Fsp3) is 0.630. The Kier molecular flexibility index (Phi) is 8.09. The van der Waals surface area contributed by atoms with E-state index in [0.717, 1.165) is 16.5 Å². The second-order valence-corrected chi connectivity index (χ2v) is 11.8. The van der Waals surface area contributed by atoms with Gasteiger partial charge in [0.2, 0.25) is 17.7 Å². The summed E-state index contributed by atoms with van der Waals surface area (Å²) in [5, 5.41) is 11.0. The van der Waals surface area contributed by atoms with Crippen LogP contribution >= 0.6 is 0 Å². The topological polar surface area (TPSA) is 115 Å². The van der Waals surface area contributed by atoms with Crippen LogP contribution < -0.4 is 15.4 Å². The number of methoxy groups -OCH3 is 1. The summed E-state index contributed by atoms with van der Waals surface area (Å²) in [5.74, 6) is 0.0165. The number of nitrogens with zero attached hydrogens (tertiary/aromatic N) is 3. The zero-order valence-corrected chi connectivity index (χ0v) is 23.5. The first-order valence-electron chi connectivity index (χ1n) is 12.7. The van der Waals surface area contributed by atoms with E-state index in [1.54, 1.807) is 37.5 Å². The zero-order valence-electron chi connectivity index (χ0n) is 23.5. The maximum atomic E-state index is 13.6. The predicted molar refractivity (Wildman–Crippen MR) is 141 cm³/mol. The molecule has 2 N–H and O–H groups in total. The van der Waals surface area contributed by atoms with Crippen LogP contribution in [0.15, 0.2) is 18.2 Å². The van der Waals surface area contributed by atoms with E-state index in [9.17, 15) is 14.4 Å². The molecule has 1 fully saturated rings. The Morgan fingerprint density at radius 1 is 1.11 bits per heavy atom. The van der Waals surface area contributed by atoms with Crippen molar-refractivity contribution in [2.45, 2.75) is 85.0 Å². The van der Waals surface area contributed by atoms with Crippen LogP contribution in [0.5, 0.6) is 5.88 Å². The number of fused-ring (bicyclic) bond motifs is 1. The molecule has 1 aromatic heterocycles. The molecule has 0 spiro atoms. The molecule has 0 radical (unpaired) electrons. The Balaban J connectivity index is 1.75. The van der Waals surface area contributed by atoms with E-state index in [4.69, 9.17) is 9.47 Å². The Bertz CT molecular complexity index is 1160. The van der Waals surface area contributed by atoms with Crippen molar-refractivity contribution in [3.8, 4) is 5.88 Å². The molecule has 3 unspecified atom stereocenters. The van der Waals surface area contributed by atoms with Gasteiger partial charge in [-0.05, 0) is 63.6 Å². The van der Waals surface area contributed by atoms with E-state index in [-0.39, 0.29) is 17.9 Å². The van der Waals surface area contributed by atoms with Gasteiger partial charge in [0.1, 0.15) is 17.7 Å². The Morgan fingerprint density at radius 3 is 2.38 bits per heavy atom. The van der Waals surface area contributed by atoms with Gasteiger partial charge in [0, 0.05) is 13.6 Å². The molecule has 0 saturated carbocycles. The quantitative estimate of drug-likeness (QED) is 0.606. The maximum Gasteiger partial charge on any atom is 0.408 e. The molecule has 0 bridgehead atoms. The van der Waals surface area contributed by atoms with Gasteiger partial charge in [0.25, 0.3) is 0 Å². The molecule has 204 valence electrons. The van der Waals surface area contributed by atoms with Crippen LogP contribution in [0.4, 0.5) is 4.79 Å². The highest BCUT2D eigenvalue weighted by atomic mass is 16.6. The zero-order chi connectivity index (χ0) is 27.7. The first kappa shape index (κ1) is 28.3. The van der Waals surface area contributed by atoms with Gasteiger partial charge in [-0.3, -0.25) is 14.3 Å². The highest BCUT2D eigenvalue weighted by Crippen LogP contribution is 2.29. The minimum Gasteiger partial charge on any atom is -0.479 e. The summed E-state index contributed by atoms with van der Waals surface area (Å²) in [5.41, 5.74) is 0.563. The van der Waals surface area contributed by atoms with Crippen LogP contribution in [0.3, 0.4) is 0 Å². The van der Waals surface area contributed by atoms with Gasteiger partial charge in [-0.25, -0.2) is 4.79 Å². The third kappa shape index (κ3) is 6.53.